The highest BCUT2D eigenvalue weighted by Crippen LogP contribution is 2.36. The van der Waals surface area contributed by atoms with Gasteiger partial charge in [0.15, 0.2) is 0 Å². The van der Waals surface area contributed by atoms with Gasteiger partial charge in [-0.3, -0.25) is 9.97 Å². The minimum atomic E-state index is 0.902. The van der Waals surface area contributed by atoms with E-state index in [4.69, 9.17) is 0 Å². The van der Waals surface area contributed by atoms with E-state index in [1.54, 1.807) is 28.9 Å². The van der Waals surface area contributed by atoms with Gasteiger partial charge in [-0.2, -0.15) is 0 Å². The average Bonchev–Trinajstić information content (AvgIpc) is 3.27. The van der Waals surface area contributed by atoms with Gasteiger partial charge in [0.05, 0.1) is 11.4 Å². The van der Waals surface area contributed by atoms with Crippen molar-refractivity contribution < 1.29 is 0 Å². The van der Waals surface area contributed by atoms with Gasteiger partial charge in [0.1, 0.15) is 0 Å². The maximum atomic E-state index is 4.54. The first-order chi connectivity index (χ1) is 10.9. The monoisotopic (exact) mass is 320 g/mol. The molecule has 0 saturated heterocycles. The third kappa shape index (κ3) is 2.58. The molecule has 22 heavy (non-hydrogen) atoms. The molecule has 0 aliphatic heterocycles. The third-order valence-corrected chi connectivity index (χ3v) is 5.55. The van der Waals surface area contributed by atoms with Crippen LogP contribution in [0.3, 0.4) is 0 Å². The molecule has 4 heterocycles. The van der Waals surface area contributed by atoms with Gasteiger partial charge in [-0.25, -0.2) is 0 Å². The summed E-state index contributed by atoms with van der Waals surface area (Å²) in [4.78, 5) is 12.7. The van der Waals surface area contributed by atoms with Crippen LogP contribution in [0.15, 0.2) is 72.4 Å². The molecule has 4 heteroatoms. The summed E-state index contributed by atoms with van der Waals surface area (Å²) in [6.07, 6.45) is 3.71. The van der Waals surface area contributed by atoms with Crippen LogP contribution in [0.2, 0.25) is 0 Å². The van der Waals surface area contributed by atoms with Gasteiger partial charge in [-0.15, -0.1) is 22.7 Å². The van der Waals surface area contributed by atoms with E-state index in [2.05, 4.69) is 45.7 Å². The van der Waals surface area contributed by atoms with Gasteiger partial charge in [-0.05, 0) is 47.8 Å². The Balaban J connectivity index is 1.64. The highest BCUT2D eigenvalue weighted by molar-refractivity contribution is 7.23. The second-order valence-corrected chi connectivity index (χ2v) is 6.82. The molecule has 4 rings (SSSR count). The van der Waals surface area contributed by atoms with Crippen LogP contribution in [0.5, 0.6) is 0 Å². The fourth-order valence-electron chi connectivity index (χ4n) is 2.25. The zero-order valence-corrected chi connectivity index (χ0v) is 13.3. The number of hydrogen-bond acceptors (Lipinski definition) is 4. The zero-order valence-electron chi connectivity index (χ0n) is 11.6. The summed E-state index contributed by atoms with van der Waals surface area (Å²) in [6, 6.07) is 18.6. The van der Waals surface area contributed by atoms with Crippen LogP contribution in [-0.4, -0.2) is 9.97 Å². The Morgan fingerprint density at radius 2 is 1.59 bits per heavy atom. The van der Waals surface area contributed by atoms with Crippen LogP contribution in [0.4, 0.5) is 0 Å². The second-order valence-electron chi connectivity index (χ2n) is 4.79. The summed E-state index contributed by atoms with van der Waals surface area (Å²) in [7, 11) is 0. The summed E-state index contributed by atoms with van der Waals surface area (Å²) in [5, 5.41) is 2.11. The lowest BCUT2D eigenvalue weighted by atomic mass is 10.2. The normalized spacial score (nSPS) is 10.7. The molecule has 0 unspecified atom stereocenters. The zero-order chi connectivity index (χ0) is 14.8. The standard InChI is InChI=1S/C18H12N2S2/c1-2-10-19-14(4-1)15-7-6-13(12-20-15)16-8-9-18(22-16)17-5-3-11-21-17/h1-12H. The van der Waals surface area contributed by atoms with Crippen LogP contribution >= 0.6 is 22.7 Å². The molecular formula is C18H12N2S2. The lowest BCUT2D eigenvalue weighted by molar-refractivity contribution is 1.25. The molecule has 0 aliphatic carbocycles. The molecule has 0 fully saturated rings. The molecular weight excluding hydrogens is 308 g/mol. The number of nitrogens with zero attached hydrogens (tertiary/aromatic N) is 2. The maximum absolute atomic E-state index is 4.54. The van der Waals surface area contributed by atoms with Gasteiger partial charge in [-0.1, -0.05) is 12.1 Å². The first-order valence-corrected chi connectivity index (χ1v) is 8.61. The smallest absolute Gasteiger partial charge is 0.0886 e. The van der Waals surface area contributed by atoms with E-state index in [0.29, 0.717) is 0 Å². The Hall–Kier alpha value is -2.30. The van der Waals surface area contributed by atoms with Crippen molar-refractivity contribution in [2.75, 3.05) is 0 Å². The molecule has 4 aromatic rings. The molecule has 0 N–H and O–H groups in total. The number of pyridine rings is 2. The lowest BCUT2D eigenvalue weighted by Crippen LogP contribution is -1.86. The predicted octanol–water partition coefficient (Wildman–Crippen LogP) is 5.60. The summed E-state index contributed by atoms with van der Waals surface area (Å²) < 4.78 is 0. The Kier molecular flexibility index (Phi) is 3.54. The molecule has 0 atom stereocenters. The van der Waals surface area contributed by atoms with Crippen molar-refractivity contribution in [1.29, 1.82) is 0 Å². The first kappa shape index (κ1) is 13.4. The van der Waals surface area contributed by atoms with Crippen molar-refractivity contribution in [2.24, 2.45) is 0 Å². The van der Waals surface area contributed by atoms with Gasteiger partial charge in [0.25, 0.3) is 0 Å². The van der Waals surface area contributed by atoms with E-state index in [0.717, 1.165) is 17.0 Å². The Bertz CT molecular complexity index is 863. The van der Waals surface area contributed by atoms with Crippen molar-refractivity contribution in [1.82, 2.24) is 9.97 Å². The molecule has 0 spiro atoms. The van der Waals surface area contributed by atoms with Gasteiger partial charge in [0, 0.05) is 32.6 Å². The molecule has 0 aliphatic rings. The van der Waals surface area contributed by atoms with Crippen LogP contribution in [0.25, 0.3) is 31.6 Å². The summed E-state index contributed by atoms with van der Waals surface area (Å²) >= 11 is 3.57. The largest absolute Gasteiger partial charge is 0.255 e. The Morgan fingerprint density at radius 3 is 2.32 bits per heavy atom. The fraction of sp³-hybridized carbons (Fsp3) is 0. The third-order valence-electron chi connectivity index (χ3n) is 3.35. The number of hydrogen-bond donors (Lipinski definition) is 0. The molecule has 0 amide bonds. The van der Waals surface area contributed by atoms with Crippen LogP contribution in [-0.2, 0) is 0 Å². The van der Waals surface area contributed by atoms with E-state index in [1.807, 2.05) is 30.5 Å². The topological polar surface area (TPSA) is 25.8 Å². The van der Waals surface area contributed by atoms with Crippen molar-refractivity contribution in [3.8, 4) is 31.6 Å². The molecule has 0 bridgehead atoms. The van der Waals surface area contributed by atoms with E-state index in [1.165, 1.54) is 14.6 Å². The molecule has 2 nitrogen and oxygen atoms in total. The lowest BCUT2D eigenvalue weighted by Gasteiger charge is -2.01. The van der Waals surface area contributed by atoms with Gasteiger partial charge < -0.3 is 0 Å². The van der Waals surface area contributed by atoms with Gasteiger partial charge >= 0.3 is 0 Å². The minimum absolute atomic E-state index is 0.902. The van der Waals surface area contributed by atoms with Crippen molar-refractivity contribution in [3.63, 3.8) is 0 Å². The van der Waals surface area contributed by atoms with E-state index < -0.39 is 0 Å². The highest BCUT2D eigenvalue weighted by atomic mass is 32.1. The molecule has 0 radical (unpaired) electrons. The second kappa shape index (κ2) is 5.83. The minimum Gasteiger partial charge on any atom is -0.255 e. The van der Waals surface area contributed by atoms with E-state index in [-0.39, 0.29) is 0 Å². The summed E-state index contributed by atoms with van der Waals surface area (Å²) in [6.45, 7) is 0. The molecule has 0 aromatic carbocycles. The SMILES string of the molecule is c1ccc(-c2ccc(-c3ccc(-c4cccs4)s3)cn2)nc1. The van der Waals surface area contributed by atoms with Crippen LogP contribution in [0.1, 0.15) is 0 Å². The van der Waals surface area contributed by atoms with Crippen molar-refractivity contribution >= 4 is 22.7 Å². The quantitative estimate of drug-likeness (QED) is 0.491. The number of aromatic nitrogens is 2. The van der Waals surface area contributed by atoms with Crippen molar-refractivity contribution in [2.45, 2.75) is 0 Å². The Morgan fingerprint density at radius 1 is 0.682 bits per heavy atom. The fourth-order valence-corrected chi connectivity index (χ4v) is 4.08. The average molecular weight is 320 g/mol. The van der Waals surface area contributed by atoms with E-state index >= 15 is 0 Å². The maximum Gasteiger partial charge on any atom is 0.0886 e. The van der Waals surface area contributed by atoms with Crippen LogP contribution in [0, 0.1) is 0 Å². The number of rotatable bonds is 3. The van der Waals surface area contributed by atoms with Crippen molar-refractivity contribution in [3.05, 3.63) is 72.4 Å². The Labute approximate surface area is 136 Å². The number of thiophene rings is 2. The van der Waals surface area contributed by atoms with E-state index in [9.17, 15) is 0 Å². The molecule has 0 saturated carbocycles. The van der Waals surface area contributed by atoms with Crippen LogP contribution < -0.4 is 0 Å². The summed E-state index contributed by atoms with van der Waals surface area (Å²) in [5.74, 6) is 0. The van der Waals surface area contributed by atoms with Gasteiger partial charge in [0.2, 0.25) is 0 Å². The predicted molar refractivity (Wildman–Crippen MR) is 94.1 cm³/mol. The first-order valence-electron chi connectivity index (χ1n) is 6.92. The molecule has 106 valence electrons. The molecule has 4 aromatic heterocycles. The highest BCUT2D eigenvalue weighted by Gasteiger charge is 2.07. The summed E-state index contributed by atoms with van der Waals surface area (Å²) in [5.41, 5.74) is 2.95.